The molecule has 0 saturated heterocycles. The molecule has 0 fully saturated rings. The summed E-state index contributed by atoms with van der Waals surface area (Å²) in [6.07, 6.45) is 0.180. The fourth-order valence-electron chi connectivity index (χ4n) is 1.22. The van der Waals surface area contributed by atoms with E-state index in [4.69, 9.17) is 16.7 Å². The lowest BCUT2D eigenvalue weighted by molar-refractivity contribution is -0.136. The van der Waals surface area contributed by atoms with Gasteiger partial charge < -0.3 is 10.1 Å². The van der Waals surface area contributed by atoms with Crippen LogP contribution < -0.4 is 5.56 Å². The molecule has 1 heterocycles. The van der Waals surface area contributed by atoms with Crippen molar-refractivity contribution in [3.05, 3.63) is 32.7 Å². The minimum Gasteiger partial charge on any atom is -0.481 e. The molecule has 1 aromatic heterocycles. The van der Waals surface area contributed by atoms with Crippen LogP contribution in [0.25, 0.3) is 0 Å². The number of carbonyl (C=O) groups is 1. The van der Waals surface area contributed by atoms with Crippen molar-refractivity contribution >= 4 is 17.6 Å². The number of rotatable bonds is 3. The zero-order valence-corrected chi connectivity index (χ0v) is 8.39. The number of hydrogen-bond acceptors (Lipinski definition) is 2. The van der Waals surface area contributed by atoms with Crippen LogP contribution in [-0.2, 0) is 11.2 Å². The first-order valence-corrected chi connectivity index (χ1v) is 4.48. The van der Waals surface area contributed by atoms with Gasteiger partial charge in [-0.25, -0.2) is 0 Å². The van der Waals surface area contributed by atoms with E-state index in [2.05, 4.69) is 4.98 Å². The Balaban J connectivity index is 2.97. The van der Waals surface area contributed by atoms with E-state index in [0.29, 0.717) is 5.56 Å². The number of halogens is 1. The quantitative estimate of drug-likeness (QED) is 0.748. The van der Waals surface area contributed by atoms with Crippen LogP contribution in [0.2, 0.25) is 5.15 Å². The Hall–Kier alpha value is -1.29. The van der Waals surface area contributed by atoms with Crippen molar-refractivity contribution in [3.8, 4) is 0 Å². The zero-order valence-electron chi connectivity index (χ0n) is 7.63. The summed E-state index contributed by atoms with van der Waals surface area (Å²) >= 11 is 5.61. The third-order valence-corrected chi connectivity index (χ3v) is 2.12. The molecule has 2 N–H and O–H groups in total. The highest BCUT2D eigenvalue weighted by atomic mass is 35.5. The van der Waals surface area contributed by atoms with Gasteiger partial charge in [0.15, 0.2) is 0 Å². The predicted molar refractivity (Wildman–Crippen MR) is 52.8 cm³/mol. The molecule has 0 radical (unpaired) electrons. The van der Waals surface area contributed by atoms with Gasteiger partial charge in [0.05, 0.1) is 0 Å². The summed E-state index contributed by atoms with van der Waals surface area (Å²) in [7, 11) is 0. The molecule has 0 saturated carbocycles. The summed E-state index contributed by atoms with van der Waals surface area (Å²) < 4.78 is 0. The highest BCUT2D eigenvalue weighted by Crippen LogP contribution is 2.09. The number of aromatic amines is 1. The monoisotopic (exact) mass is 215 g/mol. The van der Waals surface area contributed by atoms with Crippen LogP contribution in [-0.4, -0.2) is 16.1 Å². The summed E-state index contributed by atoms with van der Waals surface area (Å²) in [5.41, 5.74) is 0.896. The van der Waals surface area contributed by atoms with E-state index in [1.165, 1.54) is 0 Å². The van der Waals surface area contributed by atoms with Crippen LogP contribution in [0.4, 0.5) is 0 Å². The highest BCUT2D eigenvalue weighted by molar-refractivity contribution is 6.29. The van der Waals surface area contributed by atoms with Crippen LogP contribution in [0.15, 0.2) is 10.9 Å². The first kappa shape index (κ1) is 10.8. The number of aromatic nitrogens is 1. The Morgan fingerprint density at radius 3 is 2.79 bits per heavy atom. The van der Waals surface area contributed by atoms with E-state index in [1.807, 2.05) is 0 Å². The molecule has 76 valence electrons. The molecule has 0 amide bonds. The van der Waals surface area contributed by atoms with Crippen molar-refractivity contribution < 1.29 is 9.90 Å². The van der Waals surface area contributed by atoms with E-state index >= 15 is 0 Å². The highest BCUT2D eigenvalue weighted by Gasteiger charge is 2.07. The SMILES string of the molecule is Cc1cc(Cl)[nH]c(=O)c1CCC(=O)O. The topological polar surface area (TPSA) is 70.2 Å². The van der Waals surface area contributed by atoms with Gasteiger partial charge in [-0.15, -0.1) is 0 Å². The van der Waals surface area contributed by atoms with Crippen molar-refractivity contribution in [2.75, 3.05) is 0 Å². The first-order valence-electron chi connectivity index (χ1n) is 4.11. The summed E-state index contributed by atoms with van der Waals surface area (Å²) in [4.78, 5) is 24.1. The van der Waals surface area contributed by atoms with Gasteiger partial charge in [0.25, 0.3) is 5.56 Å². The molecule has 0 bridgehead atoms. The number of carboxylic acids is 1. The summed E-state index contributed by atoms with van der Waals surface area (Å²) in [5.74, 6) is -0.918. The number of aryl methyl sites for hydroxylation is 1. The molecule has 0 aliphatic rings. The standard InChI is InChI=1S/C9H10ClNO3/c1-5-4-7(10)11-9(14)6(5)2-3-8(12)13/h4H,2-3H2,1H3,(H,11,14)(H,12,13). The molecule has 0 aliphatic carbocycles. The van der Waals surface area contributed by atoms with E-state index in [9.17, 15) is 9.59 Å². The van der Waals surface area contributed by atoms with Crippen molar-refractivity contribution in [2.45, 2.75) is 19.8 Å². The molecular formula is C9H10ClNO3. The van der Waals surface area contributed by atoms with Gasteiger partial charge >= 0.3 is 5.97 Å². The number of carboxylic acid groups (broad SMARTS) is 1. The molecule has 1 rings (SSSR count). The molecule has 14 heavy (non-hydrogen) atoms. The van der Waals surface area contributed by atoms with Crippen LogP contribution in [0.5, 0.6) is 0 Å². The Morgan fingerprint density at radius 1 is 1.64 bits per heavy atom. The average molecular weight is 216 g/mol. The lowest BCUT2D eigenvalue weighted by Gasteiger charge is -2.02. The fourth-order valence-corrected chi connectivity index (χ4v) is 1.47. The van der Waals surface area contributed by atoms with Gasteiger partial charge in [-0.1, -0.05) is 11.6 Å². The maximum Gasteiger partial charge on any atom is 0.303 e. The van der Waals surface area contributed by atoms with Crippen LogP contribution in [0.1, 0.15) is 17.5 Å². The first-order chi connectivity index (χ1) is 6.50. The smallest absolute Gasteiger partial charge is 0.303 e. The number of aliphatic carboxylic acids is 1. The largest absolute Gasteiger partial charge is 0.481 e. The van der Waals surface area contributed by atoms with Gasteiger partial charge in [0.1, 0.15) is 5.15 Å². The number of pyridine rings is 1. The average Bonchev–Trinajstić information content (AvgIpc) is 2.01. The second-order valence-electron chi connectivity index (χ2n) is 3.00. The molecule has 0 unspecified atom stereocenters. The number of nitrogens with one attached hydrogen (secondary N) is 1. The molecule has 0 aromatic carbocycles. The Morgan fingerprint density at radius 2 is 2.29 bits per heavy atom. The van der Waals surface area contributed by atoms with Crippen molar-refractivity contribution in [1.29, 1.82) is 0 Å². The third-order valence-electron chi connectivity index (χ3n) is 1.92. The second kappa shape index (κ2) is 4.28. The van der Waals surface area contributed by atoms with E-state index < -0.39 is 5.97 Å². The summed E-state index contributed by atoms with van der Waals surface area (Å²) in [6, 6.07) is 1.61. The molecule has 0 aliphatic heterocycles. The van der Waals surface area contributed by atoms with Gasteiger partial charge in [-0.3, -0.25) is 9.59 Å². The maximum absolute atomic E-state index is 11.3. The lowest BCUT2D eigenvalue weighted by atomic mass is 10.1. The normalized spacial score (nSPS) is 10.1. The van der Waals surface area contributed by atoms with E-state index in [0.717, 1.165) is 5.56 Å². The van der Waals surface area contributed by atoms with E-state index in [-0.39, 0.29) is 23.6 Å². The number of H-pyrrole nitrogens is 1. The molecule has 0 atom stereocenters. The van der Waals surface area contributed by atoms with E-state index in [1.54, 1.807) is 13.0 Å². The van der Waals surface area contributed by atoms with Crippen molar-refractivity contribution in [1.82, 2.24) is 4.98 Å². The lowest BCUT2D eigenvalue weighted by Crippen LogP contribution is -2.15. The Bertz CT molecular complexity index is 411. The second-order valence-corrected chi connectivity index (χ2v) is 3.41. The molecule has 5 heteroatoms. The number of hydrogen-bond donors (Lipinski definition) is 2. The summed E-state index contributed by atoms with van der Waals surface area (Å²) in [6.45, 7) is 1.73. The maximum atomic E-state index is 11.3. The van der Waals surface area contributed by atoms with Gasteiger partial charge in [0, 0.05) is 12.0 Å². The van der Waals surface area contributed by atoms with Gasteiger partial charge in [0.2, 0.25) is 0 Å². The van der Waals surface area contributed by atoms with Crippen LogP contribution in [0, 0.1) is 6.92 Å². The fraction of sp³-hybridized carbons (Fsp3) is 0.333. The Kier molecular flexibility index (Phi) is 3.30. The minimum atomic E-state index is -0.918. The summed E-state index contributed by atoms with van der Waals surface area (Å²) in [5, 5.41) is 8.74. The molecule has 0 spiro atoms. The molecule has 4 nitrogen and oxygen atoms in total. The van der Waals surface area contributed by atoms with Gasteiger partial charge in [-0.05, 0) is 25.0 Å². The molecular weight excluding hydrogens is 206 g/mol. The van der Waals surface area contributed by atoms with Gasteiger partial charge in [-0.2, -0.15) is 0 Å². The van der Waals surface area contributed by atoms with Crippen molar-refractivity contribution in [3.63, 3.8) is 0 Å². The van der Waals surface area contributed by atoms with Crippen LogP contribution >= 0.6 is 11.6 Å². The Labute approximate surface area is 85.5 Å². The van der Waals surface area contributed by atoms with Crippen LogP contribution in [0.3, 0.4) is 0 Å². The third kappa shape index (κ3) is 2.60. The molecule has 1 aromatic rings. The zero-order chi connectivity index (χ0) is 10.7. The predicted octanol–water partition coefficient (Wildman–Crippen LogP) is 1.35. The van der Waals surface area contributed by atoms with Crippen molar-refractivity contribution in [2.24, 2.45) is 0 Å². The minimum absolute atomic E-state index is 0.0500.